The molecule has 4 nitrogen and oxygen atoms in total. The van der Waals surface area contributed by atoms with Crippen LogP contribution in [0.2, 0.25) is 0 Å². The second kappa shape index (κ2) is 4.76. The summed E-state index contributed by atoms with van der Waals surface area (Å²) >= 11 is 0. The molecule has 0 heterocycles. The molecule has 0 aromatic heterocycles. The van der Waals surface area contributed by atoms with Crippen molar-refractivity contribution in [1.29, 1.82) is 0 Å². The van der Waals surface area contributed by atoms with Gasteiger partial charge in [0.1, 0.15) is 0 Å². The number of hydrogen-bond acceptors (Lipinski definition) is 2. The lowest BCUT2D eigenvalue weighted by atomic mass is 10.0. The van der Waals surface area contributed by atoms with E-state index >= 15 is 0 Å². The molecule has 1 aliphatic carbocycles. The van der Waals surface area contributed by atoms with Gasteiger partial charge in [-0.15, -0.1) is 0 Å². The molecule has 2 aromatic carbocycles. The molecule has 0 spiro atoms. The maximum absolute atomic E-state index is 9.93. The molecule has 0 unspecified atom stereocenters. The van der Waals surface area contributed by atoms with E-state index in [1.807, 2.05) is 30.3 Å². The lowest BCUT2D eigenvalue weighted by Crippen LogP contribution is -2.01. The lowest BCUT2D eigenvalue weighted by molar-refractivity contribution is 0.186. The third kappa shape index (κ3) is 2.08. The zero-order valence-corrected chi connectivity index (χ0v) is 10.3. The molecule has 0 radical (unpaired) electrons. The van der Waals surface area contributed by atoms with Crippen molar-refractivity contribution in [2.45, 2.75) is 12.5 Å². The minimum Gasteiger partial charge on any atom is -0.388 e. The Labute approximate surface area is 111 Å². The Kier molecular flexibility index (Phi) is 2.95. The van der Waals surface area contributed by atoms with Gasteiger partial charge in [-0.3, -0.25) is 0 Å². The average Bonchev–Trinajstić information content (AvgIpc) is 2.82. The smallest absolute Gasteiger partial charge is 0.0846 e. The Balaban J connectivity index is 1.95. The van der Waals surface area contributed by atoms with Crippen LogP contribution in [0, 0.1) is 0 Å². The van der Waals surface area contributed by atoms with Crippen molar-refractivity contribution < 1.29 is 5.11 Å². The average molecular weight is 251 g/mol. The summed E-state index contributed by atoms with van der Waals surface area (Å²) < 4.78 is 0. The first-order chi connectivity index (χ1) is 9.29. The Morgan fingerprint density at radius 3 is 2.79 bits per heavy atom. The van der Waals surface area contributed by atoms with E-state index < -0.39 is 6.10 Å². The van der Waals surface area contributed by atoms with Gasteiger partial charge in [0.05, 0.1) is 12.6 Å². The van der Waals surface area contributed by atoms with Crippen LogP contribution in [0.25, 0.3) is 21.6 Å². The van der Waals surface area contributed by atoms with Crippen molar-refractivity contribution in [3.8, 4) is 11.1 Å². The van der Waals surface area contributed by atoms with Crippen molar-refractivity contribution in [3.63, 3.8) is 0 Å². The molecule has 3 rings (SSSR count). The highest BCUT2D eigenvalue weighted by Gasteiger charge is 2.19. The highest BCUT2D eigenvalue weighted by molar-refractivity contribution is 5.76. The number of fused-ring (bicyclic) bond motifs is 3. The van der Waals surface area contributed by atoms with E-state index in [0.717, 1.165) is 12.0 Å². The van der Waals surface area contributed by atoms with Gasteiger partial charge < -0.3 is 5.11 Å². The topological polar surface area (TPSA) is 69.0 Å². The van der Waals surface area contributed by atoms with Crippen LogP contribution in [0.3, 0.4) is 0 Å². The Bertz CT molecular complexity index is 675. The summed E-state index contributed by atoms with van der Waals surface area (Å²) in [7, 11) is 0. The van der Waals surface area contributed by atoms with Gasteiger partial charge in [0.25, 0.3) is 0 Å². The molecule has 1 aliphatic rings. The predicted molar refractivity (Wildman–Crippen MR) is 73.7 cm³/mol. The van der Waals surface area contributed by atoms with Crippen molar-refractivity contribution in [3.05, 3.63) is 69.6 Å². The Hall–Kier alpha value is -2.29. The Morgan fingerprint density at radius 1 is 1.16 bits per heavy atom. The molecule has 0 fully saturated rings. The summed E-state index contributed by atoms with van der Waals surface area (Å²) in [5.41, 5.74) is 14.1. The van der Waals surface area contributed by atoms with Gasteiger partial charge in [0.15, 0.2) is 0 Å². The van der Waals surface area contributed by atoms with Gasteiger partial charge in [-0.1, -0.05) is 47.6 Å². The highest BCUT2D eigenvalue weighted by atomic mass is 16.3. The van der Waals surface area contributed by atoms with Gasteiger partial charge in [0.2, 0.25) is 0 Å². The Morgan fingerprint density at radius 2 is 1.95 bits per heavy atom. The highest BCUT2D eigenvalue weighted by Crippen LogP contribution is 2.37. The minimum atomic E-state index is -0.732. The van der Waals surface area contributed by atoms with E-state index in [1.165, 1.54) is 22.3 Å². The van der Waals surface area contributed by atoms with Gasteiger partial charge in [-0.05, 0) is 39.8 Å². The molecule has 0 amide bonds. The number of aliphatic hydroxyl groups is 1. The third-order valence-corrected chi connectivity index (χ3v) is 3.52. The number of aliphatic hydroxyl groups excluding tert-OH is 1. The van der Waals surface area contributed by atoms with Crippen LogP contribution in [-0.4, -0.2) is 11.7 Å². The fraction of sp³-hybridized carbons (Fsp3) is 0.200. The predicted octanol–water partition coefficient (Wildman–Crippen LogP) is 3.60. The summed E-state index contributed by atoms with van der Waals surface area (Å²) in [5, 5.41) is 13.3. The monoisotopic (exact) mass is 251 g/mol. The van der Waals surface area contributed by atoms with Gasteiger partial charge >= 0.3 is 0 Å². The molecule has 2 aromatic rings. The molecule has 1 atom stereocenters. The van der Waals surface area contributed by atoms with Crippen LogP contribution in [0.15, 0.2) is 47.6 Å². The van der Waals surface area contributed by atoms with Crippen molar-refractivity contribution in [2.75, 3.05) is 6.54 Å². The summed E-state index contributed by atoms with van der Waals surface area (Å²) in [5.74, 6) is 0. The van der Waals surface area contributed by atoms with Crippen LogP contribution in [-0.2, 0) is 6.42 Å². The SMILES string of the molecule is [N-]=[N+]=NC[C@@H](O)c1ccc2c(c1)Cc1ccccc1-2. The molecule has 1 N–H and O–H groups in total. The molecular formula is C15H13N3O. The minimum absolute atomic E-state index is 0.0717. The maximum atomic E-state index is 9.93. The second-order valence-electron chi connectivity index (χ2n) is 4.68. The zero-order chi connectivity index (χ0) is 13.2. The number of benzene rings is 2. The number of hydrogen-bond donors (Lipinski definition) is 1. The molecule has 94 valence electrons. The number of nitrogens with zero attached hydrogens (tertiary/aromatic N) is 3. The quantitative estimate of drug-likeness (QED) is 0.431. The van der Waals surface area contributed by atoms with E-state index in [-0.39, 0.29) is 6.54 Å². The van der Waals surface area contributed by atoms with Crippen molar-refractivity contribution in [2.24, 2.45) is 5.11 Å². The van der Waals surface area contributed by atoms with E-state index in [2.05, 4.69) is 22.2 Å². The van der Waals surface area contributed by atoms with Crippen molar-refractivity contribution in [1.82, 2.24) is 0 Å². The van der Waals surface area contributed by atoms with E-state index in [9.17, 15) is 5.11 Å². The van der Waals surface area contributed by atoms with Gasteiger partial charge in [-0.25, -0.2) is 0 Å². The fourth-order valence-electron chi connectivity index (χ4n) is 2.59. The first-order valence-electron chi connectivity index (χ1n) is 6.19. The zero-order valence-electron chi connectivity index (χ0n) is 10.3. The summed E-state index contributed by atoms with van der Waals surface area (Å²) in [6.07, 6.45) is 0.165. The van der Waals surface area contributed by atoms with Crippen LogP contribution >= 0.6 is 0 Å². The largest absolute Gasteiger partial charge is 0.388 e. The first kappa shape index (κ1) is 11.8. The molecule has 0 aliphatic heterocycles. The van der Waals surface area contributed by atoms with E-state index in [4.69, 9.17) is 5.53 Å². The summed E-state index contributed by atoms with van der Waals surface area (Å²) in [6.45, 7) is 0.0717. The third-order valence-electron chi connectivity index (χ3n) is 3.52. The molecule has 0 saturated carbocycles. The summed E-state index contributed by atoms with van der Waals surface area (Å²) in [4.78, 5) is 2.67. The van der Waals surface area contributed by atoms with Crippen LogP contribution in [0.4, 0.5) is 0 Å². The molecule has 0 bridgehead atoms. The van der Waals surface area contributed by atoms with Gasteiger partial charge in [0, 0.05) is 4.91 Å². The molecular weight excluding hydrogens is 238 g/mol. The first-order valence-corrected chi connectivity index (χ1v) is 6.19. The number of rotatable bonds is 3. The fourth-order valence-corrected chi connectivity index (χ4v) is 2.59. The molecule has 0 saturated heterocycles. The molecule has 19 heavy (non-hydrogen) atoms. The lowest BCUT2D eigenvalue weighted by Gasteiger charge is -2.10. The second-order valence-corrected chi connectivity index (χ2v) is 4.68. The summed E-state index contributed by atoms with van der Waals surface area (Å²) in [6, 6.07) is 14.3. The maximum Gasteiger partial charge on any atom is 0.0846 e. The number of azide groups is 1. The van der Waals surface area contributed by atoms with E-state index in [1.54, 1.807) is 0 Å². The van der Waals surface area contributed by atoms with Crippen LogP contribution < -0.4 is 0 Å². The van der Waals surface area contributed by atoms with Crippen molar-refractivity contribution >= 4 is 0 Å². The normalized spacial score (nSPS) is 13.3. The standard InChI is InChI=1S/C15H13N3O/c16-18-17-9-15(19)11-5-6-14-12(8-11)7-10-3-1-2-4-13(10)14/h1-6,8,15,19H,7,9H2/t15-/m1/s1. The van der Waals surface area contributed by atoms with Crippen LogP contribution in [0.1, 0.15) is 22.8 Å². The van der Waals surface area contributed by atoms with E-state index in [0.29, 0.717) is 0 Å². The molecule has 4 heteroatoms. The van der Waals surface area contributed by atoms with Crippen LogP contribution in [0.5, 0.6) is 0 Å². The van der Waals surface area contributed by atoms with Gasteiger partial charge in [-0.2, -0.15) is 0 Å².